The average molecular weight is 349 g/mol. The number of aryl methyl sites for hydroxylation is 1. The van der Waals surface area contributed by atoms with Crippen LogP contribution in [0.3, 0.4) is 0 Å². The minimum Gasteiger partial charge on any atom is -0.398 e. The first-order valence-electron chi connectivity index (χ1n) is 9.59. The standard InChI is InChI=1S/C22H27N3O/c1-16-7-9-17(10-8-16)14-25(18-11-12-18)22(26)15-24-13-3-4-19-20(23)5-2-6-21(19)24/h2,5-10,18H,3-4,11-15,23H2,1H3. The number of fused-ring (bicyclic) bond motifs is 1. The second-order valence-corrected chi connectivity index (χ2v) is 7.61. The van der Waals surface area contributed by atoms with E-state index in [0.717, 1.165) is 43.6 Å². The fourth-order valence-corrected chi connectivity index (χ4v) is 3.84. The van der Waals surface area contributed by atoms with E-state index in [1.165, 1.54) is 16.7 Å². The third kappa shape index (κ3) is 3.55. The van der Waals surface area contributed by atoms with Crippen LogP contribution in [0, 0.1) is 6.92 Å². The Kier molecular flexibility index (Phi) is 4.58. The first-order valence-corrected chi connectivity index (χ1v) is 9.59. The van der Waals surface area contributed by atoms with Crippen LogP contribution in [-0.2, 0) is 17.8 Å². The summed E-state index contributed by atoms with van der Waals surface area (Å²) in [7, 11) is 0. The number of rotatable bonds is 5. The van der Waals surface area contributed by atoms with Crippen molar-refractivity contribution < 1.29 is 4.79 Å². The van der Waals surface area contributed by atoms with Crippen molar-refractivity contribution in [2.45, 2.75) is 45.2 Å². The number of carbonyl (C=O) groups is 1. The molecule has 0 radical (unpaired) electrons. The molecular weight excluding hydrogens is 322 g/mol. The molecule has 1 aliphatic heterocycles. The summed E-state index contributed by atoms with van der Waals surface area (Å²) >= 11 is 0. The van der Waals surface area contributed by atoms with Crippen LogP contribution >= 0.6 is 0 Å². The summed E-state index contributed by atoms with van der Waals surface area (Å²) in [4.78, 5) is 17.4. The van der Waals surface area contributed by atoms with E-state index < -0.39 is 0 Å². The Morgan fingerprint density at radius 1 is 1.19 bits per heavy atom. The summed E-state index contributed by atoms with van der Waals surface area (Å²) in [6.07, 6.45) is 4.31. The van der Waals surface area contributed by atoms with E-state index in [4.69, 9.17) is 5.73 Å². The molecule has 2 aromatic carbocycles. The van der Waals surface area contributed by atoms with Gasteiger partial charge in [0.05, 0.1) is 6.54 Å². The number of hydrogen-bond acceptors (Lipinski definition) is 3. The zero-order valence-corrected chi connectivity index (χ0v) is 15.4. The van der Waals surface area contributed by atoms with E-state index in [1.54, 1.807) is 0 Å². The zero-order valence-electron chi connectivity index (χ0n) is 15.4. The Morgan fingerprint density at radius 3 is 2.69 bits per heavy atom. The molecule has 4 nitrogen and oxygen atoms in total. The Balaban J connectivity index is 1.49. The van der Waals surface area contributed by atoms with Gasteiger partial charge in [0.15, 0.2) is 0 Å². The summed E-state index contributed by atoms with van der Waals surface area (Å²) in [5.74, 6) is 0.225. The van der Waals surface area contributed by atoms with E-state index in [1.807, 2.05) is 12.1 Å². The number of hydrogen-bond donors (Lipinski definition) is 1. The quantitative estimate of drug-likeness (QED) is 0.840. The van der Waals surface area contributed by atoms with E-state index in [0.29, 0.717) is 19.1 Å². The van der Waals surface area contributed by atoms with Gasteiger partial charge in [0.2, 0.25) is 5.91 Å². The molecule has 4 heteroatoms. The monoisotopic (exact) mass is 349 g/mol. The molecule has 0 aromatic heterocycles. The summed E-state index contributed by atoms with van der Waals surface area (Å²) < 4.78 is 0. The van der Waals surface area contributed by atoms with E-state index in [9.17, 15) is 4.79 Å². The SMILES string of the molecule is Cc1ccc(CN(C(=O)CN2CCCc3c(N)cccc32)C2CC2)cc1. The molecule has 0 saturated heterocycles. The average Bonchev–Trinajstić information content (AvgIpc) is 3.47. The molecule has 2 aromatic rings. The normalized spacial score (nSPS) is 16.3. The number of nitrogen functional groups attached to an aromatic ring is 1. The van der Waals surface area contributed by atoms with Gasteiger partial charge in [0, 0.05) is 30.5 Å². The Hall–Kier alpha value is -2.49. The van der Waals surface area contributed by atoms with Crippen molar-refractivity contribution in [3.63, 3.8) is 0 Å². The molecule has 0 unspecified atom stereocenters. The molecule has 1 heterocycles. The molecule has 2 N–H and O–H groups in total. The minimum absolute atomic E-state index is 0.225. The van der Waals surface area contributed by atoms with Crippen molar-refractivity contribution in [1.29, 1.82) is 0 Å². The van der Waals surface area contributed by atoms with Crippen molar-refractivity contribution in [3.8, 4) is 0 Å². The van der Waals surface area contributed by atoms with Crippen molar-refractivity contribution in [2.75, 3.05) is 23.7 Å². The van der Waals surface area contributed by atoms with Crippen molar-refractivity contribution in [1.82, 2.24) is 4.90 Å². The van der Waals surface area contributed by atoms with Gasteiger partial charge in [0.1, 0.15) is 0 Å². The topological polar surface area (TPSA) is 49.6 Å². The summed E-state index contributed by atoms with van der Waals surface area (Å²) in [6.45, 7) is 4.17. The smallest absolute Gasteiger partial charge is 0.242 e. The summed E-state index contributed by atoms with van der Waals surface area (Å²) in [5, 5.41) is 0. The van der Waals surface area contributed by atoms with Crippen LogP contribution in [0.2, 0.25) is 0 Å². The van der Waals surface area contributed by atoms with Crippen LogP contribution in [0.15, 0.2) is 42.5 Å². The maximum atomic E-state index is 13.1. The van der Waals surface area contributed by atoms with Gasteiger partial charge in [0.25, 0.3) is 0 Å². The molecule has 1 aliphatic carbocycles. The molecule has 1 amide bonds. The fourth-order valence-electron chi connectivity index (χ4n) is 3.84. The third-order valence-electron chi connectivity index (χ3n) is 5.49. The van der Waals surface area contributed by atoms with Gasteiger partial charge < -0.3 is 15.5 Å². The highest BCUT2D eigenvalue weighted by molar-refractivity contribution is 5.83. The van der Waals surface area contributed by atoms with Gasteiger partial charge in [-0.25, -0.2) is 0 Å². The lowest BCUT2D eigenvalue weighted by Crippen LogP contribution is -2.43. The number of amides is 1. The number of nitrogens with zero attached hydrogens (tertiary/aromatic N) is 2. The van der Waals surface area contributed by atoms with Crippen LogP contribution < -0.4 is 10.6 Å². The molecule has 26 heavy (non-hydrogen) atoms. The van der Waals surface area contributed by atoms with Crippen LogP contribution in [0.4, 0.5) is 11.4 Å². The molecule has 0 bridgehead atoms. The van der Waals surface area contributed by atoms with Crippen molar-refractivity contribution in [3.05, 3.63) is 59.2 Å². The van der Waals surface area contributed by atoms with Gasteiger partial charge >= 0.3 is 0 Å². The number of benzene rings is 2. The van der Waals surface area contributed by atoms with E-state index in [2.05, 4.69) is 47.1 Å². The fraction of sp³-hybridized carbons (Fsp3) is 0.409. The molecule has 0 spiro atoms. The van der Waals surface area contributed by atoms with Crippen LogP contribution in [-0.4, -0.2) is 29.9 Å². The molecule has 0 atom stereocenters. The van der Waals surface area contributed by atoms with Crippen LogP contribution in [0.25, 0.3) is 0 Å². The zero-order chi connectivity index (χ0) is 18.1. The Morgan fingerprint density at radius 2 is 1.96 bits per heavy atom. The molecule has 4 rings (SSSR count). The maximum Gasteiger partial charge on any atom is 0.242 e. The molecule has 136 valence electrons. The molecule has 2 aliphatic rings. The van der Waals surface area contributed by atoms with Crippen molar-refractivity contribution in [2.24, 2.45) is 0 Å². The van der Waals surface area contributed by atoms with E-state index >= 15 is 0 Å². The first-order chi connectivity index (χ1) is 12.6. The number of anilines is 2. The molecular formula is C22H27N3O. The maximum absolute atomic E-state index is 13.1. The van der Waals surface area contributed by atoms with Crippen LogP contribution in [0.5, 0.6) is 0 Å². The Labute approximate surface area is 155 Å². The summed E-state index contributed by atoms with van der Waals surface area (Å²) in [5.41, 5.74) is 11.8. The second kappa shape index (κ2) is 7.02. The lowest BCUT2D eigenvalue weighted by molar-refractivity contribution is -0.130. The highest BCUT2D eigenvalue weighted by Crippen LogP contribution is 2.32. The minimum atomic E-state index is 0.225. The van der Waals surface area contributed by atoms with Gasteiger partial charge in [-0.1, -0.05) is 35.9 Å². The van der Waals surface area contributed by atoms with Gasteiger partial charge in [-0.05, 0) is 55.9 Å². The molecule has 1 saturated carbocycles. The van der Waals surface area contributed by atoms with E-state index in [-0.39, 0.29) is 5.91 Å². The lowest BCUT2D eigenvalue weighted by atomic mass is 10.00. The largest absolute Gasteiger partial charge is 0.398 e. The third-order valence-corrected chi connectivity index (χ3v) is 5.49. The van der Waals surface area contributed by atoms with Gasteiger partial charge in [-0.2, -0.15) is 0 Å². The van der Waals surface area contributed by atoms with Gasteiger partial charge in [-0.15, -0.1) is 0 Å². The second-order valence-electron chi connectivity index (χ2n) is 7.61. The van der Waals surface area contributed by atoms with Crippen LogP contribution in [0.1, 0.15) is 36.0 Å². The highest BCUT2D eigenvalue weighted by atomic mass is 16.2. The van der Waals surface area contributed by atoms with Gasteiger partial charge in [-0.3, -0.25) is 4.79 Å². The first kappa shape index (κ1) is 17.0. The summed E-state index contributed by atoms with van der Waals surface area (Å²) in [6, 6.07) is 15.0. The number of nitrogens with two attached hydrogens (primary N) is 1. The predicted octanol–water partition coefficient (Wildman–Crippen LogP) is 3.52. The highest BCUT2D eigenvalue weighted by Gasteiger charge is 2.33. The Bertz CT molecular complexity index is 796. The predicted molar refractivity (Wildman–Crippen MR) is 106 cm³/mol. The molecule has 1 fully saturated rings. The number of carbonyl (C=O) groups excluding carboxylic acids is 1. The van der Waals surface area contributed by atoms with Crippen molar-refractivity contribution >= 4 is 17.3 Å². The lowest BCUT2D eigenvalue weighted by Gasteiger charge is -2.33.